The average Bonchev–Trinajstić information content (AvgIpc) is 2.64. The molecule has 0 saturated heterocycles. The highest BCUT2D eigenvalue weighted by Crippen LogP contribution is 2.18. The number of anilines is 3. The Morgan fingerprint density at radius 2 is 1.68 bits per heavy atom. The summed E-state index contributed by atoms with van der Waals surface area (Å²) in [6, 6.07) is 16.6. The molecule has 1 aromatic heterocycles. The van der Waals surface area contributed by atoms with Crippen molar-refractivity contribution in [1.82, 2.24) is 9.97 Å². The Morgan fingerprint density at radius 3 is 2.36 bits per heavy atom. The number of nitrogens with zero attached hydrogens (tertiary/aromatic N) is 2. The maximum absolute atomic E-state index is 12.4. The van der Waals surface area contributed by atoms with Crippen molar-refractivity contribution in [3.05, 3.63) is 77.2 Å². The van der Waals surface area contributed by atoms with Gasteiger partial charge in [-0.2, -0.15) is 0 Å². The van der Waals surface area contributed by atoms with Crippen LogP contribution in [0.3, 0.4) is 0 Å². The lowest BCUT2D eigenvalue weighted by molar-refractivity contribution is 0.102. The lowest BCUT2D eigenvalue weighted by atomic mass is 10.1. The van der Waals surface area contributed by atoms with Crippen LogP contribution in [0.2, 0.25) is 5.02 Å². The number of hydrogen-bond acceptors (Lipinski definition) is 4. The van der Waals surface area contributed by atoms with Crippen LogP contribution in [-0.2, 0) is 6.42 Å². The number of carbonyl (C=O) groups is 1. The van der Waals surface area contributed by atoms with Gasteiger partial charge in [-0.25, -0.2) is 9.97 Å². The quantitative estimate of drug-likeness (QED) is 0.699. The maximum Gasteiger partial charge on any atom is 0.274 e. The van der Waals surface area contributed by atoms with E-state index in [1.807, 2.05) is 36.4 Å². The van der Waals surface area contributed by atoms with Gasteiger partial charge in [0, 0.05) is 22.5 Å². The van der Waals surface area contributed by atoms with Crippen LogP contribution in [0.4, 0.5) is 17.2 Å². The van der Waals surface area contributed by atoms with Crippen LogP contribution < -0.4 is 10.6 Å². The van der Waals surface area contributed by atoms with Gasteiger partial charge >= 0.3 is 0 Å². The molecule has 3 rings (SSSR count). The molecule has 0 aliphatic heterocycles. The van der Waals surface area contributed by atoms with Crippen LogP contribution in [0.1, 0.15) is 23.0 Å². The minimum atomic E-state index is -0.286. The molecular weight excluding hydrogens is 336 g/mol. The molecule has 0 aliphatic carbocycles. The molecule has 0 bridgehead atoms. The Labute approximate surface area is 151 Å². The number of aromatic nitrogens is 2. The Morgan fingerprint density at radius 1 is 1.00 bits per heavy atom. The van der Waals surface area contributed by atoms with Crippen molar-refractivity contribution >= 4 is 34.7 Å². The van der Waals surface area contributed by atoms with Crippen molar-refractivity contribution in [1.29, 1.82) is 0 Å². The fourth-order valence-electron chi connectivity index (χ4n) is 2.25. The van der Waals surface area contributed by atoms with Gasteiger partial charge in [-0.1, -0.05) is 30.7 Å². The summed E-state index contributed by atoms with van der Waals surface area (Å²) >= 11 is 5.87. The number of carbonyl (C=O) groups excluding carboxylic acids is 1. The predicted octanol–water partition coefficient (Wildman–Crippen LogP) is 4.69. The minimum absolute atomic E-state index is 0.283. The van der Waals surface area contributed by atoms with Gasteiger partial charge in [0.2, 0.25) is 0 Å². The Hall–Kier alpha value is -2.92. The Balaban J connectivity index is 1.71. The van der Waals surface area contributed by atoms with E-state index in [2.05, 4.69) is 27.5 Å². The third-order valence-corrected chi connectivity index (χ3v) is 3.89. The Bertz CT molecular complexity index is 863. The summed E-state index contributed by atoms with van der Waals surface area (Å²) < 4.78 is 0. The summed E-state index contributed by atoms with van der Waals surface area (Å²) in [4.78, 5) is 20.5. The van der Waals surface area contributed by atoms with E-state index >= 15 is 0 Å². The highest BCUT2D eigenvalue weighted by molar-refractivity contribution is 6.30. The molecule has 1 amide bonds. The summed E-state index contributed by atoms with van der Waals surface area (Å²) in [5.74, 6) is 0.245. The van der Waals surface area contributed by atoms with Crippen LogP contribution in [0.15, 0.2) is 60.9 Å². The number of rotatable bonds is 5. The highest BCUT2D eigenvalue weighted by Gasteiger charge is 2.09. The zero-order valence-electron chi connectivity index (χ0n) is 13.7. The first-order chi connectivity index (χ1) is 12.1. The van der Waals surface area contributed by atoms with Crippen molar-refractivity contribution in [3.8, 4) is 0 Å². The number of nitrogens with one attached hydrogen (secondary N) is 2. The summed E-state index contributed by atoms with van der Waals surface area (Å²) in [6.45, 7) is 2.09. The van der Waals surface area contributed by atoms with Gasteiger partial charge in [0.15, 0.2) is 0 Å². The van der Waals surface area contributed by atoms with Crippen molar-refractivity contribution in [2.75, 3.05) is 10.6 Å². The van der Waals surface area contributed by atoms with E-state index in [4.69, 9.17) is 11.6 Å². The monoisotopic (exact) mass is 352 g/mol. The lowest BCUT2D eigenvalue weighted by Gasteiger charge is -2.08. The lowest BCUT2D eigenvalue weighted by Crippen LogP contribution is -2.14. The van der Waals surface area contributed by atoms with Crippen molar-refractivity contribution in [3.63, 3.8) is 0 Å². The first-order valence-electron chi connectivity index (χ1n) is 7.89. The van der Waals surface area contributed by atoms with Crippen LogP contribution >= 0.6 is 11.6 Å². The molecule has 0 saturated carbocycles. The van der Waals surface area contributed by atoms with Crippen LogP contribution in [0, 0.1) is 0 Å². The average molecular weight is 353 g/mol. The molecule has 2 N–H and O–H groups in total. The zero-order valence-corrected chi connectivity index (χ0v) is 14.4. The molecule has 0 fully saturated rings. The third-order valence-electron chi connectivity index (χ3n) is 3.64. The fourth-order valence-corrected chi connectivity index (χ4v) is 2.38. The molecule has 1 heterocycles. The first-order valence-corrected chi connectivity index (χ1v) is 8.27. The summed E-state index contributed by atoms with van der Waals surface area (Å²) in [7, 11) is 0. The van der Waals surface area contributed by atoms with Gasteiger partial charge in [-0.15, -0.1) is 0 Å². The molecule has 0 spiro atoms. The molecule has 126 valence electrons. The second-order valence-corrected chi connectivity index (χ2v) is 5.86. The molecule has 5 nitrogen and oxygen atoms in total. The van der Waals surface area contributed by atoms with Crippen molar-refractivity contribution < 1.29 is 4.79 Å². The maximum atomic E-state index is 12.4. The van der Waals surface area contributed by atoms with E-state index < -0.39 is 0 Å². The number of benzene rings is 2. The second-order valence-electron chi connectivity index (χ2n) is 5.42. The summed E-state index contributed by atoms with van der Waals surface area (Å²) in [5, 5.41) is 6.60. The van der Waals surface area contributed by atoms with Crippen LogP contribution in [-0.4, -0.2) is 15.9 Å². The van der Waals surface area contributed by atoms with Gasteiger partial charge in [0.1, 0.15) is 17.8 Å². The minimum Gasteiger partial charge on any atom is -0.340 e. The number of halogens is 1. The SMILES string of the molecule is CCc1ccc(NC(=O)c2cc(Nc3ccc(Cl)cc3)ncn2)cc1. The molecule has 0 unspecified atom stereocenters. The molecule has 0 radical (unpaired) electrons. The van der Waals surface area contributed by atoms with Gasteiger partial charge in [-0.05, 0) is 48.4 Å². The van der Waals surface area contributed by atoms with Crippen LogP contribution in [0.25, 0.3) is 0 Å². The fraction of sp³-hybridized carbons (Fsp3) is 0.105. The van der Waals surface area contributed by atoms with Crippen molar-refractivity contribution in [2.45, 2.75) is 13.3 Å². The number of aryl methyl sites for hydroxylation is 1. The number of hydrogen-bond donors (Lipinski definition) is 2. The summed E-state index contributed by atoms with van der Waals surface area (Å²) in [5.41, 5.74) is 3.05. The molecular formula is C19H17ClN4O. The predicted molar refractivity (Wildman–Crippen MR) is 101 cm³/mol. The van der Waals surface area contributed by atoms with E-state index in [0.717, 1.165) is 17.8 Å². The zero-order chi connectivity index (χ0) is 17.6. The third kappa shape index (κ3) is 4.55. The highest BCUT2D eigenvalue weighted by atomic mass is 35.5. The molecule has 3 aromatic rings. The van der Waals surface area contributed by atoms with Gasteiger partial charge < -0.3 is 10.6 Å². The van der Waals surface area contributed by atoms with Crippen LogP contribution in [0.5, 0.6) is 0 Å². The smallest absolute Gasteiger partial charge is 0.274 e. The van der Waals surface area contributed by atoms with E-state index in [1.165, 1.54) is 11.9 Å². The molecule has 0 atom stereocenters. The molecule has 6 heteroatoms. The van der Waals surface area contributed by atoms with Gasteiger partial charge in [0.25, 0.3) is 5.91 Å². The second kappa shape index (κ2) is 7.77. The Kier molecular flexibility index (Phi) is 5.26. The van der Waals surface area contributed by atoms with E-state index in [9.17, 15) is 4.79 Å². The van der Waals surface area contributed by atoms with E-state index in [1.54, 1.807) is 18.2 Å². The molecule has 0 aliphatic rings. The number of amides is 1. The van der Waals surface area contributed by atoms with E-state index in [0.29, 0.717) is 10.8 Å². The summed E-state index contributed by atoms with van der Waals surface area (Å²) in [6.07, 6.45) is 2.31. The topological polar surface area (TPSA) is 66.9 Å². The normalized spacial score (nSPS) is 10.3. The standard InChI is InChI=1S/C19H17ClN4O/c1-2-13-3-7-16(8-4-13)24-19(25)17-11-18(22-12-21-17)23-15-9-5-14(20)6-10-15/h3-12H,2H2,1H3,(H,24,25)(H,21,22,23). The molecule has 2 aromatic carbocycles. The van der Waals surface area contributed by atoms with Gasteiger partial charge in [0.05, 0.1) is 0 Å². The van der Waals surface area contributed by atoms with Gasteiger partial charge in [-0.3, -0.25) is 4.79 Å². The molecule has 25 heavy (non-hydrogen) atoms. The van der Waals surface area contributed by atoms with E-state index in [-0.39, 0.29) is 11.6 Å². The first kappa shape index (κ1) is 16.9. The largest absolute Gasteiger partial charge is 0.340 e. The van der Waals surface area contributed by atoms with Crippen molar-refractivity contribution in [2.24, 2.45) is 0 Å².